The number of sulfonamides is 1. The van der Waals surface area contributed by atoms with Crippen LogP contribution in [0.1, 0.15) is 26.3 Å². The lowest BCUT2D eigenvalue weighted by molar-refractivity contribution is 0.179. The highest BCUT2D eigenvalue weighted by atomic mass is 32.2. The summed E-state index contributed by atoms with van der Waals surface area (Å²) in [6.07, 6.45) is 5.62. The molecule has 1 aromatic heterocycles. The number of hydrogen-bond donors (Lipinski definition) is 3. The molecule has 0 radical (unpaired) electrons. The summed E-state index contributed by atoms with van der Waals surface area (Å²) in [6, 6.07) is 3.65. The van der Waals surface area contributed by atoms with E-state index in [1.807, 2.05) is 42.7 Å². The summed E-state index contributed by atoms with van der Waals surface area (Å²) >= 11 is 0. The fourth-order valence-electron chi connectivity index (χ4n) is 4.08. The molecule has 2 aromatic rings. The minimum Gasteiger partial charge on any atom is -0.480 e. The molecule has 13 heteroatoms. The predicted octanol–water partition coefficient (Wildman–Crippen LogP) is 3.89. The molecule has 0 aliphatic carbocycles. The third-order valence-corrected chi connectivity index (χ3v) is 6.96. The van der Waals surface area contributed by atoms with E-state index in [0.29, 0.717) is 24.0 Å². The van der Waals surface area contributed by atoms with E-state index in [1.165, 1.54) is 19.4 Å². The Morgan fingerprint density at radius 3 is 2.54 bits per heavy atom. The average Bonchev–Trinajstić information content (AvgIpc) is 3.15. The van der Waals surface area contributed by atoms with Crippen LogP contribution in [0.3, 0.4) is 0 Å². The molecule has 3 N–H and O–H groups in total. The molecule has 0 atom stereocenters. The van der Waals surface area contributed by atoms with Crippen molar-refractivity contribution in [3.63, 3.8) is 0 Å². The summed E-state index contributed by atoms with van der Waals surface area (Å²) in [7, 11) is -3.13. The number of methoxy groups -OCH3 is 1. The van der Waals surface area contributed by atoms with Gasteiger partial charge in [0.1, 0.15) is 33.9 Å². The van der Waals surface area contributed by atoms with Gasteiger partial charge in [-0.2, -0.15) is 0 Å². The number of allylic oxidation sites excluding steroid dienone is 2. The van der Waals surface area contributed by atoms with Crippen molar-refractivity contribution in [2.24, 2.45) is 0 Å². The number of rotatable bonds is 6. The first-order chi connectivity index (χ1) is 17.3. The van der Waals surface area contributed by atoms with E-state index in [9.17, 15) is 27.1 Å². The Kier molecular flexibility index (Phi) is 6.59. The summed E-state index contributed by atoms with van der Waals surface area (Å²) in [5.74, 6) is -1.04. The van der Waals surface area contributed by atoms with Crippen molar-refractivity contribution >= 4 is 27.4 Å². The van der Waals surface area contributed by atoms with Crippen molar-refractivity contribution in [2.45, 2.75) is 31.2 Å². The lowest BCUT2D eigenvalue weighted by Gasteiger charge is -2.38. The molecule has 0 saturated heterocycles. The molecule has 2 aliphatic heterocycles. The Morgan fingerprint density at radius 2 is 1.92 bits per heavy atom. The number of carboxylic acid groups (broad SMARTS) is 1. The quantitative estimate of drug-likeness (QED) is 0.511. The molecule has 4 rings (SSSR count). The van der Waals surface area contributed by atoms with Gasteiger partial charge in [0.05, 0.1) is 7.11 Å². The third kappa shape index (κ3) is 5.21. The van der Waals surface area contributed by atoms with Crippen molar-refractivity contribution in [3.05, 3.63) is 77.7 Å². The zero-order valence-corrected chi connectivity index (χ0v) is 21.2. The van der Waals surface area contributed by atoms with Crippen LogP contribution in [0.25, 0.3) is 5.57 Å². The molecule has 0 saturated carbocycles. The fourth-order valence-corrected chi connectivity index (χ4v) is 5.19. The number of nitrogens with one attached hydrogen (secondary N) is 2. The van der Waals surface area contributed by atoms with Crippen molar-refractivity contribution < 1.29 is 31.8 Å². The number of nitrogens with zero attached hydrogens (tertiary/aromatic N) is 3. The zero-order valence-electron chi connectivity index (χ0n) is 20.4. The van der Waals surface area contributed by atoms with Crippen LogP contribution in [0.5, 0.6) is 5.88 Å². The maximum atomic E-state index is 14.2. The number of benzene rings is 1. The first-order valence-corrected chi connectivity index (χ1v) is 12.5. The van der Waals surface area contributed by atoms with Crippen molar-refractivity contribution in [1.82, 2.24) is 20.1 Å². The van der Waals surface area contributed by atoms with Gasteiger partial charge in [-0.1, -0.05) is 6.08 Å². The Labute approximate surface area is 212 Å². The molecule has 37 heavy (non-hydrogen) atoms. The van der Waals surface area contributed by atoms with E-state index >= 15 is 0 Å². The van der Waals surface area contributed by atoms with E-state index in [0.717, 1.165) is 23.5 Å². The number of carbonyl (C=O) groups is 1. The summed E-state index contributed by atoms with van der Waals surface area (Å²) in [5, 5.41) is 11.7. The molecular weight excluding hydrogens is 508 g/mol. The van der Waals surface area contributed by atoms with Crippen LogP contribution >= 0.6 is 0 Å². The molecule has 0 bridgehead atoms. The molecule has 3 heterocycles. The van der Waals surface area contributed by atoms with E-state index in [2.05, 4.69) is 15.0 Å². The summed E-state index contributed by atoms with van der Waals surface area (Å²) < 4.78 is 60.6. The highest BCUT2D eigenvalue weighted by Gasteiger charge is 2.37. The third-order valence-electron chi connectivity index (χ3n) is 5.57. The number of hydrogen-bond acceptors (Lipinski definition) is 7. The van der Waals surface area contributed by atoms with Gasteiger partial charge in [-0.15, -0.1) is 0 Å². The van der Waals surface area contributed by atoms with Gasteiger partial charge in [0.2, 0.25) is 5.88 Å². The van der Waals surface area contributed by atoms with Gasteiger partial charge < -0.3 is 19.6 Å². The number of fused-ring (bicyclic) bond motifs is 1. The lowest BCUT2D eigenvalue weighted by Crippen LogP contribution is -2.44. The van der Waals surface area contributed by atoms with Gasteiger partial charge >= 0.3 is 6.09 Å². The van der Waals surface area contributed by atoms with E-state index in [4.69, 9.17) is 4.74 Å². The monoisotopic (exact) mass is 533 g/mol. The Balaban J connectivity index is 1.68. The highest BCUT2D eigenvalue weighted by Crippen LogP contribution is 2.37. The number of anilines is 1. The number of amides is 1. The largest absolute Gasteiger partial charge is 0.480 e. The Morgan fingerprint density at radius 1 is 1.19 bits per heavy atom. The Bertz CT molecular complexity index is 1460. The van der Waals surface area contributed by atoms with Crippen LogP contribution in [0.4, 0.5) is 19.3 Å². The number of ether oxygens (including phenoxy) is 1. The maximum absolute atomic E-state index is 14.2. The molecule has 10 nitrogen and oxygen atoms in total. The molecule has 2 aliphatic rings. The van der Waals surface area contributed by atoms with Gasteiger partial charge in [-0.25, -0.2) is 27.0 Å². The molecule has 1 amide bonds. The topological polar surface area (TPSA) is 124 Å². The molecule has 0 unspecified atom stereocenters. The van der Waals surface area contributed by atoms with Gasteiger partial charge in [0, 0.05) is 36.1 Å². The second kappa shape index (κ2) is 9.39. The molecule has 0 spiro atoms. The fraction of sp³-hybridized carbons (Fsp3) is 0.250. The van der Waals surface area contributed by atoms with Crippen LogP contribution in [-0.2, 0) is 10.0 Å². The molecule has 1 aromatic carbocycles. The van der Waals surface area contributed by atoms with Crippen LogP contribution in [0.2, 0.25) is 0 Å². The van der Waals surface area contributed by atoms with Crippen LogP contribution in [0.15, 0.2) is 65.4 Å². The minimum atomic E-state index is -4.43. The number of pyridine rings is 1. The lowest BCUT2D eigenvalue weighted by atomic mass is 10.0. The standard InChI is InChI=1S/C24H25F2N5O5S/c1-24(2,3)31-20(28-23(32)33)13-30-12-14(5-8-21(30)31)15-9-18(22(36-4)27-11-15)29-37(34,35)19-7-6-16(25)10-17(19)26/h5-11,13,28-29H,12H2,1-4H3,(H,32,33). The SMILES string of the molecule is COc1ncc(C2=CC=C3N(C=C(NC(=O)O)N3C(C)(C)C)C2)cc1NS(=O)(=O)c1ccc(F)cc1F. The van der Waals surface area contributed by atoms with Crippen LogP contribution in [0, 0.1) is 11.6 Å². The van der Waals surface area contributed by atoms with E-state index in [1.54, 1.807) is 6.20 Å². The summed E-state index contributed by atoms with van der Waals surface area (Å²) in [5.41, 5.74) is 0.821. The number of aromatic nitrogens is 1. The highest BCUT2D eigenvalue weighted by molar-refractivity contribution is 7.92. The number of halogens is 2. The molecular formula is C24H25F2N5O5S. The van der Waals surface area contributed by atoms with Crippen LogP contribution in [-0.4, -0.2) is 53.6 Å². The summed E-state index contributed by atoms with van der Waals surface area (Å²) in [6.45, 7) is 6.17. The second-order valence-corrected chi connectivity index (χ2v) is 10.9. The first-order valence-electron chi connectivity index (χ1n) is 11.0. The smallest absolute Gasteiger partial charge is 0.410 e. The van der Waals surface area contributed by atoms with Crippen LogP contribution < -0.4 is 14.8 Å². The first kappa shape index (κ1) is 25.9. The van der Waals surface area contributed by atoms with Gasteiger partial charge in [-0.05, 0) is 50.6 Å². The van der Waals surface area contributed by atoms with Crippen molar-refractivity contribution in [1.29, 1.82) is 0 Å². The molecule has 196 valence electrons. The van der Waals surface area contributed by atoms with E-state index in [-0.39, 0.29) is 11.6 Å². The second-order valence-electron chi connectivity index (χ2n) is 9.26. The van der Waals surface area contributed by atoms with Gasteiger partial charge in [0.15, 0.2) is 0 Å². The maximum Gasteiger partial charge on any atom is 0.410 e. The summed E-state index contributed by atoms with van der Waals surface area (Å²) in [4.78, 5) is 18.5. The average molecular weight is 534 g/mol. The van der Waals surface area contributed by atoms with Gasteiger partial charge in [0.25, 0.3) is 10.0 Å². The van der Waals surface area contributed by atoms with Crippen molar-refractivity contribution in [3.8, 4) is 5.88 Å². The molecule has 0 fully saturated rings. The normalized spacial score (nSPS) is 15.5. The predicted molar refractivity (Wildman–Crippen MR) is 132 cm³/mol. The zero-order chi connectivity index (χ0) is 27.1. The Hall–Kier alpha value is -4.13. The van der Waals surface area contributed by atoms with Gasteiger partial charge in [-0.3, -0.25) is 10.0 Å². The minimum absolute atomic E-state index is 0.0408. The van der Waals surface area contributed by atoms with Crippen molar-refractivity contribution in [2.75, 3.05) is 18.4 Å². The van der Waals surface area contributed by atoms with E-state index < -0.39 is 38.2 Å².